The summed E-state index contributed by atoms with van der Waals surface area (Å²) in [5.74, 6) is -1.40. The highest BCUT2D eigenvalue weighted by Gasteiger charge is 2.33. The van der Waals surface area contributed by atoms with E-state index in [1.165, 1.54) is 37.3 Å². The van der Waals surface area contributed by atoms with Crippen LogP contribution >= 0.6 is 0 Å². The number of rotatable bonds is 4. The van der Waals surface area contributed by atoms with Gasteiger partial charge in [-0.1, -0.05) is 18.2 Å². The highest BCUT2D eigenvalue weighted by molar-refractivity contribution is 5.66. The van der Waals surface area contributed by atoms with E-state index in [0.29, 0.717) is 0 Å². The molecule has 1 heterocycles. The van der Waals surface area contributed by atoms with Crippen molar-refractivity contribution in [2.75, 3.05) is 10.6 Å². The van der Waals surface area contributed by atoms with Crippen molar-refractivity contribution >= 4 is 23.0 Å². The standard InChI is InChI=1S/C18H13F5N4/c1-10-24-15(26-14-8-3-2-5-11(14)18(21,22)23)9-16(25-10)27-17-12(19)6-4-7-13(17)20/h2-9H,1H3,(H2,24,25,26,27). The van der Waals surface area contributed by atoms with Crippen LogP contribution in [0, 0.1) is 18.6 Å². The van der Waals surface area contributed by atoms with Crippen molar-refractivity contribution < 1.29 is 22.0 Å². The lowest BCUT2D eigenvalue weighted by Gasteiger charge is -2.15. The van der Waals surface area contributed by atoms with Gasteiger partial charge in [0.05, 0.1) is 11.3 Å². The topological polar surface area (TPSA) is 49.8 Å². The molecule has 0 atom stereocenters. The lowest BCUT2D eigenvalue weighted by Crippen LogP contribution is -2.09. The molecule has 0 saturated carbocycles. The molecule has 0 aliphatic carbocycles. The minimum atomic E-state index is -4.55. The molecule has 27 heavy (non-hydrogen) atoms. The van der Waals surface area contributed by atoms with Crippen LogP contribution in [0.15, 0.2) is 48.5 Å². The van der Waals surface area contributed by atoms with Crippen LogP contribution in [0.4, 0.5) is 45.0 Å². The average Bonchev–Trinajstić information content (AvgIpc) is 2.57. The predicted molar refractivity (Wildman–Crippen MR) is 91.1 cm³/mol. The van der Waals surface area contributed by atoms with Gasteiger partial charge < -0.3 is 10.6 Å². The Morgan fingerprint density at radius 1 is 0.815 bits per heavy atom. The number of nitrogens with zero attached hydrogens (tertiary/aromatic N) is 2. The monoisotopic (exact) mass is 380 g/mol. The molecule has 3 aromatic rings. The number of hydrogen-bond acceptors (Lipinski definition) is 4. The first kappa shape index (κ1) is 18.6. The zero-order valence-electron chi connectivity index (χ0n) is 13.9. The minimum Gasteiger partial charge on any atom is -0.340 e. The van der Waals surface area contributed by atoms with Gasteiger partial charge in [-0.2, -0.15) is 13.2 Å². The number of benzene rings is 2. The summed E-state index contributed by atoms with van der Waals surface area (Å²) in [7, 11) is 0. The molecule has 1 aromatic heterocycles. The van der Waals surface area contributed by atoms with Crippen LogP contribution in [0.2, 0.25) is 0 Å². The molecule has 0 bridgehead atoms. The summed E-state index contributed by atoms with van der Waals surface area (Å²) in [6.07, 6.45) is -4.55. The molecule has 0 spiro atoms. The van der Waals surface area contributed by atoms with E-state index in [1.54, 1.807) is 0 Å². The van der Waals surface area contributed by atoms with Crippen LogP contribution in [-0.2, 0) is 6.18 Å². The molecule has 2 N–H and O–H groups in total. The summed E-state index contributed by atoms with van der Waals surface area (Å²) < 4.78 is 66.9. The van der Waals surface area contributed by atoms with Crippen molar-refractivity contribution in [1.82, 2.24) is 9.97 Å². The zero-order valence-corrected chi connectivity index (χ0v) is 13.9. The van der Waals surface area contributed by atoms with Gasteiger partial charge >= 0.3 is 6.18 Å². The highest BCUT2D eigenvalue weighted by Crippen LogP contribution is 2.36. The summed E-state index contributed by atoms with van der Waals surface area (Å²) in [6.45, 7) is 1.50. The maximum Gasteiger partial charge on any atom is 0.418 e. The van der Waals surface area contributed by atoms with Gasteiger partial charge in [-0.05, 0) is 31.2 Å². The van der Waals surface area contributed by atoms with E-state index in [0.717, 1.165) is 18.2 Å². The van der Waals surface area contributed by atoms with E-state index in [-0.39, 0.29) is 23.1 Å². The minimum absolute atomic E-state index is 0.0264. The second kappa shape index (κ2) is 7.18. The fraction of sp³-hybridized carbons (Fsp3) is 0.111. The fourth-order valence-electron chi connectivity index (χ4n) is 2.42. The van der Waals surface area contributed by atoms with E-state index in [1.807, 2.05) is 0 Å². The first-order chi connectivity index (χ1) is 12.7. The van der Waals surface area contributed by atoms with E-state index >= 15 is 0 Å². The van der Waals surface area contributed by atoms with Crippen LogP contribution in [0.3, 0.4) is 0 Å². The van der Waals surface area contributed by atoms with Gasteiger partial charge in [0.25, 0.3) is 0 Å². The third kappa shape index (κ3) is 4.30. The lowest BCUT2D eigenvalue weighted by molar-refractivity contribution is -0.136. The van der Waals surface area contributed by atoms with Crippen LogP contribution in [0.1, 0.15) is 11.4 Å². The summed E-state index contributed by atoms with van der Waals surface area (Å²) in [6, 6.07) is 9.51. The molecule has 140 valence electrons. The molecule has 0 saturated heterocycles. The van der Waals surface area contributed by atoms with Crippen molar-refractivity contribution in [1.29, 1.82) is 0 Å². The van der Waals surface area contributed by atoms with Crippen molar-refractivity contribution in [2.24, 2.45) is 0 Å². The molecule has 0 unspecified atom stereocenters. The molecule has 9 heteroatoms. The van der Waals surface area contributed by atoms with Gasteiger partial charge in [-0.25, -0.2) is 18.7 Å². The largest absolute Gasteiger partial charge is 0.418 e. The summed E-state index contributed by atoms with van der Waals surface area (Å²) in [4.78, 5) is 8.03. The molecule has 4 nitrogen and oxygen atoms in total. The van der Waals surface area contributed by atoms with Gasteiger partial charge in [0.2, 0.25) is 0 Å². The first-order valence-corrected chi connectivity index (χ1v) is 7.74. The number of halogens is 5. The lowest BCUT2D eigenvalue weighted by atomic mass is 10.1. The smallest absolute Gasteiger partial charge is 0.340 e. The molecule has 0 radical (unpaired) electrons. The maximum absolute atomic E-state index is 13.8. The predicted octanol–water partition coefficient (Wildman–Crippen LogP) is 5.57. The van der Waals surface area contributed by atoms with Crippen LogP contribution in [0.5, 0.6) is 0 Å². The number of aryl methyl sites for hydroxylation is 1. The molecular weight excluding hydrogens is 367 g/mol. The van der Waals surface area contributed by atoms with Crippen molar-refractivity contribution in [2.45, 2.75) is 13.1 Å². The molecule has 3 rings (SSSR count). The zero-order chi connectivity index (χ0) is 19.6. The Bertz CT molecular complexity index is 952. The van der Waals surface area contributed by atoms with Crippen LogP contribution in [0.25, 0.3) is 0 Å². The fourth-order valence-corrected chi connectivity index (χ4v) is 2.42. The molecule has 0 aliphatic rings. The van der Waals surface area contributed by atoms with Gasteiger partial charge in [0.1, 0.15) is 34.8 Å². The maximum atomic E-state index is 13.8. The third-order valence-electron chi connectivity index (χ3n) is 3.55. The Morgan fingerprint density at radius 3 is 2.04 bits per heavy atom. The Labute approximate surface area is 151 Å². The van der Waals surface area contributed by atoms with E-state index < -0.39 is 29.1 Å². The normalized spacial score (nSPS) is 11.3. The average molecular weight is 380 g/mol. The van der Waals surface area contributed by atoms with Gasteiger partial charge in [0.15, 0.2) is 0 Å². The molecular formula is C18H13F5N4. The Balaban J connectivity index is 1.93. The van der Waals surface area contributed by atoms with Gasteiger partial charge in [-0.3, -0.25) is 0 Å². The number of para-hydroxylation sites is 2. The van der Waals surface area contributed by atoms with Crippen molar-refractivity contribution in [3.8, 4) is 0 Å². The molecule has 0 fully saturated rings. The van der Waals surface area contributed by atoms with Crippen LogP contribution in [-0.4, -0.2) is 9.97 Å². The van der Waals surface area contributed by atoms with Gasteiger partial charge in [0, 0.05) is 6.07 Å². The number of nitrogens with one attached hydrogen (secondary N) is 2. The van der Waals surface area contributed by atoms with Crippen LogP contribution < -0.4 is 10.6 Å². The Kier molecular flexibility index (Phi) is 4.93. The second-order valence-electron chi connectivity index (χ2n) is 5.58. The number of hydrogen-bond donors (Lipinski definition) is 2. The van der Waals surface area contributed by atoms with Crippen molar-refractivity contribution in [3.63, 3.8) is 0 Å². The molecule has 2 aromatic carbocycles. The highest BCUT2D eigenvalue weighted by atomic mass is 19.4. The Morgan fingerprint density at radius 2 is 1.41 bits per heavy atom. The summed E-state index contributed by atoms with van der Waals surface area (Å²) >= 11 is 0. The van der Waals surface area contributed by atoms with E-state index in [4.69, 9.17) is 0 Å². The Hall–Kier alpha value is -3.23. The third-order valence-corrected chi connectivity index (χ3v) is 3.55. The van der Waals surface area contributed by atoms with E-state index in [2.05, 4.69) is 20.6 Å². The van der Waals surface area contributed by atoms with Crippen molar-refractivity contribution in [3.05, 3.63) is 71.6 Å². The summed E-state index contributed by atoms with van der Waals surface area (Å²) in [5.41, 5.74) is -1.49. The number of anilines is 4. The van der Waals surface area contributed by atoms with Gasteiger partial charge in [-0.15, -0.1) is 0 Å². The quantitative estimate of drug-likeness (QED) is 0.581. The number of aromatic nitrogens is 2. The second-order valence-corrected chi connectivity index (χ2v) is 5.58. The van der Waals surface area contributed by atoms with E-state index in [9.17, 15) is 22.0 Å². The molecule has 0 aliphatic heterocycles. The first-order valence-electron chi connectivity index (χ1n) is 7.74. The SMILES string of the molecule is Cc1nc(Nc2ccccc2C(F)(F)F)cc(Nc2c(F)cccc2F)n1. The molecule has 0 amide bonds. The number of alkyl halides is 3. The summed E-state index contributed by atoms with van der Waals surface area (Å²) in [5, 5.41) is 5.07.